The number of pyridine rings is 1. The highest BCUT2D eigenvalue weighted by Gasteiger charge is 2.35. The second-order valence-electron chi connectivity index (χ2n) is 5.17. The van der Waals surface area contributed by atoms with Gasteiger partial charge in [-0.15, -0.1) is 0 Å². The van der Waals surface area contributed by atoms with Crippen molar-refractivity contribution in [1.29, 1.82) is 0 Å². The highest BCUT2D eigenvalue weighted by atomic mass is 35.5. The first-order valence-electron chi connectivity index (χ1n) is 6.64. The van der Waals surface area contributed by atoms with Crippen LogP contribution in [0.2, 0.25) is 5.02 Å². The lowest BCUT2D eigenvalue weighted by molar-refractivity contribution is 0.282. The maximum absolute atomic E-state index is 9.25. The van der Waals surface area contributed by atoms with Crippen LogP contribution in [0, 0.1) is 5.41 Å². The molecule has 1 aliphatic heterocycles. The van der Waals surface area contributed by atoms with Gasteiger partial charge in [0.1, 0.15) is 5.82 Å². The van der Waals surface area contributed by atoms with Gasteiger partial charge in [0.15, 0.2) is 0 Å². The number of hydrogen-bond donors (Lipinski definition) is 1. The Bertz CT molecular complexity index is 418. The highest BCUT2D eigenvalue weighted by Crippen LogP contribution is 2.38. The molecule has 3 nitrogen and oxygen atoms in total. The minimum Gasteiger partial charge on any atom is -0.392 e. The van der Waals surface area contributed by atoms with Crippen LogP contribution >= 0.6 is 11.6 Å². The van der Waals surface area contributed by atoms with Crippen molar-refractivity contribution >= 4 is 17.4 Å². The summed E-state index contributed by atoms with van der Waals surface area (Å²) >= 11 is 5.97. The maximum atomic E-state index is 9.25. The van der Waals surface area contributed by atoms with E-state index in [4.69, 9.17) is 11.6 Å². The lowest BCUT2D eigenvalue weighted by Gasteiger charge is -2.26. The molecule has 1 saturated heterocycles. The van der Waals surface area contributed by atoms with Crippen molar-refractivity contribution < 1.29 is 5.11 Å². The fourth-order valence-corrected chi connectivity index (χ4v) is 2.88. The summed E-state index contributed by atoms with van der Waals surface area (Å²) in [5.41, 5.74) is 1.19. The van der Waals surface area contributed by atoms with Gasteiger partial charge in [-0.05, 0) is 30.7 Å². The van der Waals surface area contributed by atoms with Crippen molar-refractivity contribution in [2.45, 2.75) is 39.7 Å². The molecule has 4 heteroatoms. The van der Waals surface area contributed by atoms with E-state index >= 15 is 0 Å². The van der Waals surface area contributed by atoms with Crippen molar-refractivity contribution in [3.05, 3.63) is 22.8 Å². The predicted octanol–water partition coefficient (Wildman–Crippen LogP) is 3.24. The summed E-state index contributed by atoms with van der Waals surface area (Å²) in [7, 11) is 0. The first kappa shape index (κ1) is 13.6. The van der Waals surface area contributed by atoms with Crippen LogP contribution in [0.15, 0.2) is 12.3 Å². The van der Waals surface area contributed by atoms with E-state index in [1.54, 1.807) is 6.20 Å². The molecule has 0 atom stereocenters. The number of nitrogens with zero attached hydrogens (tertiary/aromatic N) is 2. The molecule has 0 bridgehead atoms. The van der Waals surface area contributed by atoms with Crippen molar-refractivity contribution in [3.8, 4) is 0 Å². The second kappa shape index (κ2) is 5.45. The van der Waals surface area contributed by atoms with Gasteiger partial charge in [-0.25, -0.2) is 4.98 Å². The smallest absolute Gasteiger partial charge is 0.128 e. The quantitative estimate of drug-likeness (QED) is 0.911. The molecule has 1 fully saturated rings. The number of aromatic nitrogens is 1. The number of rotatable bonds is 4. The molecule has 1 aromatic heterocycles. The van der Waals surface area contributed by atoms with Crippen molar-refractivity contribution in [2.24, 2.45) is 5.41 Å². The summed E-state index contributed by atoms with van der Waals surface area (Å²) in [4.78, 5) is 6.69. The molecule has 0 spiro atoms. The van der Waals surface area contributed by atoms with Crippen LogP contribution in [-0.4, -0.2) is 23.2 Å². The van der Waals surface area contributed by atoms with E-state index in [2.05, 4.69) is 23.7 Å². The van der Waals surface area contributed by atoms with Crippen molar-refractivity contribution in [2.75, 3.05) is 18.0 Å². The summed E-state index contributed by atoms with van der Waals surface area (Å²) < 4.78 is 0. The summed E-state index contributed by atoms with van der Waals surface area (Å²) in [6.07, 6.45) is 5.28. The molecule has 18 heavy (non-hydrogen) atoms. The van der Waals surface area contributed by atoms with E-state index in [0.717, 1.165) is 24.5 Å². The molecule has 0 aromatic carbocycles. The molecule has 1 aromatic rings. The molecule has 100 valence electrons. The topological polar surface area (TPSA) is 36.4 Å². The number of anilines is 1. The summed E-state index contributed by atoms with van der Waals surface area (Å²) in [6.45, 7) is 6.60. The zero-order valence-corrected chi connectivity index (χ0v) is 11.9. The van der Waals surface area contributed by atoms with Gasteiger partial charge in [0, 0.05) is 24.8 Å². The molecule has 2 rings (SSSR count). The van der Waals surface area contributed by atoms with Gasteiger partial charge in [0.25, 0.3) is 0 Å². The van der Waals surface area contributed by atoms with E-state index < -0.39 is 0 Å². The molecule has 1 aliphatic rings. The Morgan fingerprint density at radius 3 is 2.72 bits per heavy atom. The van der Waals surface area contributed by atoms with Gasteiger partial charge in [-0.2, -0.15) is 0 Å². The van der Waals surface area contributed by atoms with Crippen LogP contribution in [0.25, 0.3) is 0 Å². The summed E-state index contributed by atoms with van der Waals surface area (Å²) in [5.74, 6) is 0.937. The first-order chi connectivity index (χ1) is 8.64. The third-order valence-corrected chi connectivity index (χ3v) is 4.69. The summed E-state index contributed by atoms with van der Waals surface area (Å²) in [6, 6.07) is 1.91. The fraction of sp³-hybridized carbons (Fsp3) is 0.643. The monoisotopic (exact) mass is 268 g/mol. The SMILES string of the molecule is CCC1(CC)CCN(c2cc(CO)c(Cl)cn2)C1. The molecular weight excluding hydrogens is 248 g/mol. The van der Waals surface area contributed by atoms with Crippen LogP contribution in [0.3, 0.4) is 0 Å². The minimum atomic E-state index is -0.0328. The minimum absolute atomic E-state index is 0.0328. The molecule has 0 aliphatic carbocycles. The molecule has 0 radical (unpaired) electrons. The van der Waals surface area contributed by atoms with E-state index in [9.17, 15) is 5.11 Å². The highest BCUT2D eigenvalue weighted by molar-refractivity contribution is 6.31. The molecule has 0 amide bonds. The van der Waals surface area contributed by atoms with Crippen LogP contribution < -0.4 is 4.90 Å². The van der Waals surface area contributed by atoms with E-state index in [1.807, 2.05) is 6.07 Å². The van der Waals surface area contributed by atoms with Crippen molar-refractivity contribution in [3.63, 3.8) is 0 Å². The molecular formula is C14H21ClN2O. The van der Waals surface area contributed by atoms with Gasteiger partial charge >= 0.3 is 0 Å². The molecule has 0 saturated carbocycles. The Morgan fingerprint density at radius 2 is 2.17 bits per heavy atom. The molecule has 2 heterocycles. The van der Waals surface area contributed by atoms with Crippen LogP contribution in [0.5, 0.6) is 0 Å². The number of aliphatic hydroxyl groups excluding tert-OH is 1. The lowest BCUT2D eigenvalue weighted by Crippen LogP contribution is -2.26. The Kier molecular flexibility index (Phi) is 4.13. The summed E-state index contributed by atoms with van der Waals surface area (Å²) in [5, 5.41) is 9.79. The number of hydrogen-bond acceptors (Lipinski definition) is 3. The van der Waals surface area contributed by atoms with Gasteiger partial charge in [0.05, 0.1) is 11.6 Å². The standard InChI is InChI=1S/C14H21ClN2O/c1-3-14(4-2)5-6-17(10-14)13-7-11(9-18)12(15)8-16-13/h7-8,18H,3-6,9-10H2,1-2H3. The zero-order chi connectivity index (χ0) is 13.2. The maximum Gasteiger partial charge on any atom is 0.128 e. The fourth-order valence-electron chi connectivity index (χ4n) is 2.72. The van der Waals surface area contributed by atoms with Gasteiger partial charge < -0.3 is 10.0 Å². The average Bonchev–Trinajstić information content (AvgIpc) is 2.84. The Morgan fingerprint density at radius 1 is 1.44 bits per heavy atom. The third kappa shape index (κ3) is 2.47. The molecule has 1 N–H and O–H groups in total. The van der Waals surface area contributed by atoms with Crippen LogP contribution in [0.4, 0.5) is 5.82 Å². The van der Waals surface area contributed by atoms with Gasteiger partial charge in [-0.3, -0.25) is 0 Å². The number of halogens is 1. The van der Waals surface area contributed by atoms with E-state index in [1.165, 1.54) is 19.3 Å². The van der Waals surface area contributed by atoms with Gasteiger partial charge in [0.2, 0.25) is 0 Å². The van der Waals surface area contributed by atoms with Crippen molar-refractivity contribution in [1.82, 2.24) is 4.98 Å². The van der Waals surface area contributed by atoms with Crippen LogP contribution in [-0.2, 0) is 6.61 Å². The number of aliphatic hydroxyl groups is 1. The first-order valence-corrected chi connectivity index (χ1v) is 7.02. The van der Waals surface area contributed by atoms with E-state index in [-0.39, 0.29) is 6.61 Å². The van der Waals surface area contributed by atoms with Gasteiger partial charge in [-0.1, -0.05) is 25.4 Å². The second-order valence-corrected chi connectivity index (χ2v) is 5.58. The Balaban J connectivity index is 2.19. The lowest BCUT2D eigenvalue weighted by atomic mass is 9.82. The Labute approximate surface area is 114 Å². The predicted molar refractivity (Wildman–Crippen MR) is 75.0 cm³/mol. The largest absolute Gasteiger partial charge is 0.392 e. The zero-order valence-electron chi connectivity index (χ0n) is 11.1. The van der Waals surface area contributed by atoms with Crippen LogP contribution in [0.1, 0.15) is 38.7 Å². The molecule has 0 unspecified atom stereocenters. The Hall–Kier alpha value is -0.800. The average molecular weight is 269 g/mol. The third-order valence-electron chi connectivity index (χ3n) is 4.35. The normalized spacial score (nSPS) is 18.3. The van der Waals surface area contributed by atoms with E-state index in [0.29, 0.717) is 10.4 Å².